The lowest BCUT2D eigenvalue weighted by Crippen LogP contribution is -2.30. The minimum absolute atomic E-state index is 0.359. The molecule has 4 nitrogen and oxygen atoms in total. The summed E-state index contributed by atoms with van der Waals surface area (Å²) in [7, 11) is 0. The minimum atomic E-state index is 0.359. The molecule has 1 aromatic heterocycles. The maximum absolute atomic E-state index is 8.94. The van der Waals surface area contributed by atoms with Crippen LogP contribution >= 0.6 is 0 Å². The molecule has 1 aromatic rings. The van der Waals surface area contributed by atoms with E-state index in [9.17, 15) is 0 Å². The van der Waals surface area contributed by atoms with E-state index in [0.717, 1.165) is 6.54 Å². The van der Waals surface area contributed by atoms with Gasteiger partial charge in [-0.05, 0) is 43.4 Å². The van der Waals surface area contributed by atoms with E-state index in [0.29, 0.717) is 29.9 Å². The highest BCUT2D eigenvalue weighted by molar-refractivity contribution is 5.36. The second-order valence-electron chi connectivity index (χ2n) is 4.81. The summed E-state index contributed by atoms with van der Waals surface area (Å²) < 4.78 is 5.76. The summed E-state index contributed by atoms with van der Waals surface area (Å²) in [6.45, 7) is 1.37. The number of nitrogens with zero attached hydrogens (tertiary/aromatic N) is 2. The fourth-order valence-electron chi connectivity index (χ4n) is 2.60. The van der Waals surface area contributed by atoms with Crippen molar-refractivity contribution in [3.63, 3.8) is 0 Å². The highest BCUT2D eigenvalue weighted by Gasteiger charge is 2.24. The molecule has 4 heteroatoms. The van der Waals surface area contributed by atoms with E-state index in [1.807, 2.05) is 6.07 Å². The molecule has 0 saturated heterocycles. The lowest BCUT2D eigenvalue weighted by Gasteiger charge is -2.30. The standard InChI is InChI=1S/C14H19N3O/c15-8-11-4-1-2-5-12(11)10-18-14-6-3-7-17-13(14)9-16/h3,6-7,11-12H,1-2,4-5,8,10,15H2. The van der Waals surface area contributed by atoms with E-state index in [1.165, 1.54) is 25.7 Å². The Balaban J connectivity index is 1.96. The molecule has 1 fully saturated rings. The van der Waals surface area contributed by atoms with Crippen LogP contribution in [0.25, 0.3) is 0 Å². The summed E-state index contributed by atoms with van der Waals surface area (Å²) in [4.78, 5) is 3.99. The Morgan fingerprint density at radius 2 is 2.17 bits per heavy atom. The number of pyridine rings is 1. The molecular formula is C14H19N3O. The number of aromatic nitrogens is 1. The monoisotopic (exact) mass is 245 g/mol. The molecule has 2 N–H and O–H groups in total. The van der Waals surface area contributed by atoms with Crippen LogP contribution in [0, 0.1) is 23.2 Å². The van der Waals surface area contributed by atoms with Crippen LogP contribution in [0.1, 0.15) is 31.4 Å². The Bertz CT molecular complexity index is 427. The van der Waals surface area contributed by atoms with Gasteiger partial charge in [-0.25, -0.2) is 4.98 Å². The van der Waals surface area contributed by atoms with Gasteiger partial charge in [0, 0.05) is 6.20 Å². The van der Waals surface area contributed by atoms with Crippen LogP contribution in [0.5, 0.6) is 5.75 Å². The van der Waals surface area contributed by atoms with Crippen molar-refractivity contribution in [1.29, 1.82) is 5.26 Å². The van der Waals surface area contributed by atoms with Gasteiger partial charge in [-0.15, -0.1) is 0 Å². The molecule has 0 radical (unpaired) electrons. The van der Waals surface area contributed by atoms with Crippen molar-refractivity contribution in [3.05, 3.63) is 24.0 Å². The summed E-state index contributed by atoms with van der Waals surface area (Å²) in [5.41, 5.74) is 6.16. The van der Waals surface area contributed by atoms with Gasteiger partial charge in [-0.2, -0.15) is 5.26 Å². The van der Waals surface area contributed by atoms with Crippen molar-refractivity contribution >= 4 is 0 Å². The second-order valence-corrected chi connectivity index (χ2v) is 4.81. The van der Waals surface area contributed by atoms with Gasteiger partial charge in [0.2, 0.25) is 0 Å². The van der Waals surface area contributed by atoms with E-state index in [4.69, 9.17) is 15.7 Å². The summed E-state index contributed by atoms with van der Waals surface area (Å²) in [6, 6.07) is 5.63. The molecule has 2 unspecified atom stereocenters. The highest BCUT2D eigenvalue weighted by atomic mass is 16.5. The van der Waals surface area contributed by atoms with Gasteiger partial charge in [0.15, 0.2) is 11.4 Å². The lowest BCUT2D eigenvalue weighted by molar-refractivity contribution is 0.152. The van der Waals surface area contributed by atoms with Crippen molar-refractivity contribution in [2.45, 2.75) is 25.7 Å². The topological polar surface area (TPSA) is 71.9 Å². The predicted octanol–water partition coefficient (Wildman–Crippen LogP) is 2.10. The van der Waals surface area contributed by atoms with Crippen molar-refractivity contribution in [2.24, 2.45) is 17.6 Å². The third-order valence-corrected chi connectivity index (χ3v) is 3.70. The maximum atomic E-state index is 8.94. The molecule has 18 heavy (non-hydrogen) atoms. The van der Waals surface area contributed by atoms with E-state index in [2.05, 4.69) is 4.98 Å². The summed E-state index contributed by atoms with van der Waals surface area (Å²) in [5.74, 6) is 1.65. The van der Waals surface area contributed by atoms with Crippen LogP contribution in [0.2, 0.25) is 0 Å². The van der Waals surface area contributed by atoms with Gasteiger partial charge in [-0.1, -0.05) is 12.8 Å². The van der Waals surface area contributed by atoms with Crippen molar-refractivity contribution in [3.8, 4) is 11.8 Å². The smallest absolute Gasteiger partial charge is 0.182 e. The average Bonchev–Trinajstić information content (AvgIpc) is 2.45. The van der Waals surface area contributed by atoms with Gasteiger partial charge < -0.3 is 10.5 Å². The molecule has 0 aliphatic heterocycles. The van der Waals surface area contributed by atoms with Crippen LogP contribution in [-0.4, -0.2) is 18.1 Å². The largest absolute Gasteiger partial charge is 0.490 e. The van der Waals surface area contributed by atoms with E-state index >= 15 is 0 Å². The molecule has 0 bridgehead atoms. The van der Waals surface area contributed by atoms with Crippen molar-refractivity contribution in [1.82, 2.24) is 4.98 Å². The molecule has 0 aromatic carbocycles. The van der Waals surface area contributed by atoms with Crippen molar-refractivity contribution < 1.29 is 4.74 Å². The Hall–Kier alpha value is -1.60. The molecule has 1 heterocycles. The molecular weight excluding hydrogens is 226 g/mol. The zero-order valence-electron chi connectivity index (χ0n) is 10.5. The first-order valence-corrected chi connectivity index (χ1v) is 6.53. The molecule has 2 atom stereocenters. The second kappa shape index (κ2) is 6.36. The number of nitriles is 1. The van der Waals surface area contributed by atoms with E-state index in [1.54, 1.807) is 18.3 Å². The van der Waals surface area contributed by atoms with Crippen LogP contribution in [0.3, 0.4) is 0 Å². The molecule has 0 spiro atoms. The molecule has 1 aliphatic carbocycles. The summed E-state index contributed by atoms with van der Waals surface area (Å²) in [5, 5.41) is 8.94. The Morgan fingerprint density at radius 1 is 1.39 bits per heavy atom. The first-order valence-electron chi connectivity index (χ1n) is 6.53. The van der Waals surface area contributed by atoms with Gasteiger partial charge in [0.1, 0.15) is 6.07 Å². The van der Waals surface area contributed by atoms with Gasteiger partial charge in [-0.3, -0.25) is 0 Å². The number of ether oxygens (including phenoxy) is 1. The highest BCUT2D eigenvalue weighted by Crippen LogP contribution is 2.30. The molecule has 1 aliphatic rings. The number of nitrogens with two attached hydrogens (primary N) is 1. The number of rotatable bonds is 4. The van der Waals surface area contributed by atoms with Gasteiger partial charge in [0.25, 0.3) is 0 Å². The van der Waals surface area contributed by atoms with E-state index < -0.39 is 0 Å². The zero-order valence-corrected chi connectivity index (χ0v) is 10.5. The van der Waals surface area contributed by atoms with Crippen LogP contribution < -0.4 is 10.5 Å². The van der Waals surface area contributed by atoms with Crippen molar-refractivity contribution in [2.75, 3.05) is 13.2 Å². The first-order chi connectivity index (χ1) is 8.85. The number of hydrogen-bond donors (Lipinski definition) is 1. The first kappa shape index (κ1) is 12.8. The molecule has 0 amide bonds. The average molecular weight is 245 g/mol. The summed E-state index contributed by atoms with van der Waals surface area (Å²) >= 11 is 0. The third kappa shape index (κ3) is 2.99. The molecule has 2 rings (SSSR count). The van der Waals surface area contributed by atoms with Gasteiger partial charge >= 0.3 is 0 Å². The maximum Gasteiger partial charge on any atom is 0.182 e. The van der Waals surface area contributed by atoms with Crippen LogP contribution in [0.15, 0.2) is 18.3 Å². The number of hydrogen-bond acceptors (Lipinski definition) is 4. The van der Waals surface area contributed by atoms with E-state index in [-0.39, 0.29) is 0 Å². The normalized spacial score (nSPS) is 23.3. The Kier molecular flexibility index (Phi) is 4.54. The fourth-order valence-corrected chi connectivity index (χ4v) is 2.60. The summed E-state index contributed by atoms with van der Waals surface area (Å²) in [6.07, 6.45) is 6.50. The van der Waals surface area contributed by atoms with Crippen LogP contribution in [-0.2, 0) is 0 Å². The quantitative estimate of drug-likeness (QED) is 0.881. The van der Waals surface area contributed by atoms with Crippen LogP contribution in [0.4, 0.5) is 0 Å². The third-order valence-electron chi connectivity index (χ3n) is 3.70. The lowest BCUT2D eigenvalue weighted by atomic mass is 9.80. The Labute approximate surface area is 108 Å². The van der Waals surface area contributed by atoms with Gasteiger partial charge in [0.05, 0.1) is 6.61 Å². The zero-order chi connectivity index (χ0) is 12.8. The molecule has 96 valence electrons. The fraction of sp³-hybridized carbons (Fsp3) is 0.571. The predicted molar refractivity (Wildman–Crippen MR) is 68.9 cm³/mol. The molecule has 1 saturated carbocycles. The SMILES string of the molecule is N#Cc1ncccc1OCC1CCCCC1CN. The Morgan fingerprint density at radius 3 is 2.89 bits per heavy atom. The minimum Gasteiger partial charge on any atom is -0.490 e.